The molecule has 0 bridgehead atoms. The Bertz CT molecular complexity index is 1370. The number of nitrogens with one attached hydrogen (secondary N) is 3. The van der Waals surface area contributed by atoms with Crippen molar-refractivity contribution >= 4 is 22.3 Å². The Kier molecular flexibility index (Phi) is 7.07. The van der Waals surface area contributed by atoms with Crippen LogP contribution in [-0.4, -0.2) is 73.4 Å². The van der Waals surface area contributed by atoms with E-state index in [1.807, 2.05) is 18.2 Å². The van der Waals surface area contributed by atoms with E-state index in [-0.39, 0.29) is 11.7 Å². The molecule has 8 heteroatoms. The third-order valence-electron chi connectivity index (χ3n) is 8.37. The first-order valence-electron chi connectivity index (χ1n) is 13.8. The van der Waals surface area contributed by atoms with Crippen molar-refractivity contribution in [3.05, 3.63) is 70.0 Å². The summed E-state index contributed by atoms with van der Waals surface area (Å²) >= 11 is 0. The first-order chi connectivity index (χ1) is 18.6. The van der Waals surface area contributed by atoms with Crippen molar-refractivity contribution < 1.29 is 4.74 Å². The second-order valence-electron chi connectivity index (χ2n) is 11.0. The monoisotopic (exact) mass is 512 g/mol. The van der Waals surface area contributed by atoms with Crippen LogP contribution in [0.25, 0.3) is 10.9 Å². The molecule has 3 unspecified atom stereocenters. The minimum absolute atomic E-state index is 0.183. The van der Waals surface area contributed by atoms with Crippen LogP contribution in [0.4, 0.5) is 11.4 Å². The van der Waals surface area contributed by atoms with Crippen LogP contribution in [0.15, 0.2) is 53.3 Å². The van der Waals surface area contributed by atoms with Gasteiger partial charge in [0, 0.05) is 73.7 Å². The molecular formula is C30H36N6O2. The molecule has 198 valence electrons. The van der Waals surface area contributed by atoms with Gasteiger partial charge in [0.1, 0.15) is 6.07 Å². The number of rotatable bonds is 5. The van der Waals surface area contributed by atoms with Crippen molar-refractivity contribution in [2.24, 2.45) is 0 Å². The minimum atomic E-state index is -0.183. The van der Waals surface area contributed by atoms with Crippen molar-refractivity contribution in [2.45, 2.75) is 50.4 Å². The van der Waals surface area contributed by atoms with Gasteiger partial charge in [0.2, 0.25) is 5.56 Å². The Hall–Kier alpha value is -3.38. The fourth-order valence-corrected chi connectivity index (χ4v) is 6.50. The summed E-state index contributed by atoms with van der Waals surface area (Å²) in [5.41, 5.74) is 4.53. The van der Waals surface area contributed by atoms with E-state index in [2.05, 4.69) is 62.7 Å². The molecule has 3 N–H and O–H groups in total. The van der Waals surface area contributed by atoms with Crippen LogP contribution in [0.3, 0.4) is 0 Å². The summed E-state index contributed by atoms with van der Waals surface area (Å²) in [7, 11) is 0. The number of aromatic nitrogens is 1. The molecule has 2 aromatic carbocycles. The van der Waals surface area contributed by atoms with E-state index < -0.39 is 0 Å². The highest BCUT2D eigenvalue weighted by molar-refractivity contribution is 5.95. The van der Waals surface area contributed by atoms with Gasteiger partial charge in [-0.3, -0.25) is 9.69 Å². The zero-order valence-electron chi connectivity index (χ0n) is 22.0. The summed E-state index contributed by atoms with van der Waals surface area (Å²) in [6.07, 6.45) is 3.41. The zero-order valence-corrected chi connectivity index (χ0v) is 22.0. The molecule has 38 heavy (non-hydrogen) atoms. The highest BCUT2D eigenvalue weighted by Gasteiger charge is 2.37. The zero-order chi connectivity index (χ0) is 26.1. The van der Waals surface area contributed by atoms with Gasteiger partial charge >= 0.3 is 0 Å². The number of benzene rings is 2. The number of anilines is 2. The Morgan fingerprint density at radius 2 is 2.00 bits per heavy atom. The number of hydrogen-bond donors (Lipinski definition) is 3. The molecular weight excluding hydrogens is 476 g/mol. The summed E-state index contributed by atoms with van der Waals surface area (Å²) in [5, 5.41) is 17.7. The maximum Gasteiger partial charge on any atom is 0.248 e. The molecule has 3 aliphatic heterocycles. The predicted octanol–water partition coefficient (Wildman–Crippen LogP) is 3.08. The quantitative estimate of drug-likeness (QED) is 0.484. The molecule has 3 fully saturated rings. The Morgan fingerprint density at radius 3 is 2.79 bits per heavy atom. The molecule has 3 aromatic rings. The maximum atomic E-state index is 12.0. The van der Waals surface area contributed by atoms with Gasteiger partial charge in [-0.15, -0.1) is 0 Å². The largest absolute Gasteiger partial charge is 0.382 e. The highest BCUT2D eigenvalue weighted by Crippen LogP contribution is 2.33. The summed E-state index contributed by atoms with van der Waals surface area (Å²) in [5.74, 6) is 0. The summed E-state index contributed by atoms with van der Waals surface area (Å²) in [6, 6.07) is 19.6. The molecule has 0 aliphatic carbocycles. The molecule has 8 nitrogen and oxygen atoms in total. The average Bonchev–Trinajstić information content (AvgIpc) is 2.94. The normalized spacial score (nSPS) is 26.1. The average molecular weight is 513 g/mol. The fourth-order valence-electron chi connectivity index (χ4n) is 6.50. The second-order valence-corrected chi connectivity index (χ2v) is 11.0. The number of nitriles is 1. The van der Waals surface area contributed by atoms with E-state index in [1.165, 1.54) is 11.3 Å². The summed E-state index contributed by atoms with van der Waals surface area (Å²) in [6.45, 7) is 7.91. The minimum Gasteiger partial charge on any atom is -0.382 e. The van der Waals surface area contributed by atoms with Gasteiger partial charge in [-0.1, -0.05) is 12.1 Å². The van der Waals surface area contributed by atoms with Crippen molar-refractivity contribution in [3.63, 3.8) is 0 Å². The number of aromatic amines is 1. The van der Waals surface area contributed by atoms with Crippen LogP contribution in [0.5, 0.6) is 0 Å². The van der Waals surface area contributed by atoms with Crippen molar-refractivity contribution in [1.29, 1.82) is 5.26 Å². The van der Waals surface area contributed by atoms with Crippen molar-refractivity contribution in [3.8, 4) is 6.07 Å². The van der Waals surface area contributed by atoms with E-state index in [0.717, 1.165) is 69.7 Å². The third kappa shape index (κ3) is 5.14. The molecule has 0 spiro atoms. The molecule has 3 saturated heterocycles. The van der Waals surface area contributed by atoms with Crippen LogP contribution >= 0.6 is 0 Å². The van der Waals surface area contributed by atoms with E-state index in [9.17, 15) is 10.1 Å². The van der Waals surface area contributed by atoms with Crippen molar-refractivity contribution in [2.75, 3.05) is 49.5 Å². The van der Waals surface area contributed by atoms with Crippen molar-refractivity contribution in [1.82, 2.24) is 15.2 Å². The molecule has 0 amide bonds. The Morgan fingerprint density at radius 1 is 1.13 bits per heavy atom. The van der Waals surface area contributed by atoms with Crippen LogP contribution < -0.4 is 21.1 Å². The van der Waals surface area contributed by atoms with E-state index >= 15 is 0 Å². The van der Waals surface area contributed by atoms with E-state index in [1.54, 1.807) is 6.07 Å². The molecule has 4 atom stereocenters. The lowest BCUT2D eigenvalue weighted by atomic mass is 9.91. The molecule has 6 rings (SSSR count). The number of piperazine rings is 1. The molecule has 0 radical (unpaired) electrons. The number of ether oxygens (including phenoxy) is 1. The van der Waals surface area contributed by atoms with Crippen LogP contribution in [0.1, 0.15) is 30.9 Å². The van der Waals surface area contributed by atoms with Gasteiger partial charge in [0.25, 0.3) is 0 Å². The first-order valence-corrected chi connectivity index (χ1v) is 13.8. The molecule has 4 heterocycles. The van der Waals surface area contributed by atoms with Gasteiger partial charge in [-0.05, 0) is 62.1 Å². The number of morpholine rings is 1. The molecule has 1 aromatic heterocycles. The summed E-state index contributed by atoms with van der Waals surface area (Å²) < 4.78 is 5.86. The van der Waals surface area contributed by atoms with Gasteiger partial charge in [-0.2, -0.15) is 5.26 Å². The van der Waals surface area contributed by atoms with Gasteiger partial charge in [0.15, 0.2) is 0 Å². The number of H-pyrrole nitrogens is 1. The predicted molar refractivity (Wildman–Crippen MR) is 151 cm³/mol. The van der Waals surface area contributed by atoms with Crippen LogP contribution in [0.2, 0.25) is 0 Å². The number of fused-ring (bicyclic) bond motifs is 2. The lowest BCUT2D eigenvalue weighted by molar-refractivity contribution is 0.0292. The standard InChI is InChI=1S/C30H36N6O2/c1-20-18-35(28-8-4-22(16-31)30-27(28)7-9-29(37)34-30)19-25-15-24(10-12-36(20)25)33-23-5-2-21(3-6-23)14-26-17-32-11-13-38-26/h2-9,20,24-26,32-33H,10-15,17-19H2,1H3,(H,34,37)/t20?,24?,25?,26-/m0/s1. The topological polar surface area (TPSA) is 96.4 Å². The number of pyridine rings is 1. The van der Waals surface area contributed by atoms with Gasteiger partial charge < -0.3 is 25.3 Å². The number of nitrogens with zero attached hydrogens (tertiary/aromatic N) is 3. The SMILES string of the molecule is CC1CN(c2ccc(C#N)c3[nH]c(=O)ccc23)CC2CC(Nc3ccc(C[C@H]4CNCCO4)cc3)CCN12. The van der Waals surface area contributed by atoms with Crippen LogP contribution in [0, 0.1) is 11.3 Å². The van der Waals surface area contributed by atoms with Crippen LogP contribution in [-0.2, 0) is 11.2 Å². The lowest BCUT2D eigenvalue weighted by Gasteiger charge is -2.50. The lowest BCUT2D eigenvalue weighted by Crippen LogP contribution is -2.61. The fraction of sp³-hybridized carbons (Fsp3) is 0.467. The van der Waals surface area contributed by atoms with E-state index in [0.29, 0.717) is 29.2 Å². The Balaban J connectivity index is 1.14. The maximum absolute atomic E-state index is 12.0. The van der Waals surface area contributed by atoms with E-state index in [4.69, 9.17) is 4.74 Å². The molecule has 0 saturated carbocycles. The smallest absolute Gasteiger partial charge is 0.248 e. The van der Waals surface area contributed by atoms with Gasteiger partial charge in [-0.25, -0.2) is 0 Å². The first kappa shape index (κ1) is 24.9. The Labute approximate surface area is 223 Å². The molecule has 3 aliphatic rings. The third-order valence-corrected chi connectivity index (χ3v) is 8.37. The second kappa shape index (κ2) is 10.8. The number of piperidine rings is 1. The summed E-state index contributed by atoms with van der Waals surface area (Å²) in [4.78, 5) is 19.9. The number of hydrogen-bond acceptors (Lipinski definition) is 7. The van der Waals surface area contributed by atoms with Gasteiger partial charge in [0.05, 0.1) is 23.8 Å². The highest BCUT2D eigenvalue weighted by atomic mass is 16.5.